The minimum Gasteiger partial charge on any atom is -0.302 e. The fourth-order valence-corrected chi connectivity index (χ4v) is 5.63. The summed E-state index contributed by atoms with van der Waals surface area (Å²) in [5.74, 6) is 0. The molecule has 0 aromatic rings. The molecular formula is C20H38NO6P2+. The van der Waals surface area contributed by atoms with Gasteiger partial charge < -0.3 is 9.05 Å². The van der Waals surface area contributed by atoms with Crippen LogP contribution in [0.1, 0.15) is 67.2 Å². The van der Waals surface area contributed by atoms with Crippen molar-refractivity contribution in [1.29, 1.82) is 0 Å². The summed E-state index contributed by atoms with van der Waals surface area (Å²) in [6, 6.07) is 0. The second-order valence-electron chi connectivity index (χ2n) is 7.00. The lowest BCUT2D eigenvalue weighted by Gasteiger charge is -2.17. The average Bonchev–Trinajstić information content (AvgIpc) is 2.57. The van der Waals surface area contributed by atoms with Crippen molar-refractivity contribution in [3.05, 3.63) is 34.9 Å². The van der Waals surface area contributed by atoms with E-state index in [-0.39, 0.29) is 19.8 Å². The lowest BCUT2D eigenvalue weighted by Crippen LogP contribution is -2.12. The first kappa shape index (κ1) is 28.4. The van der Waals surface area contributed by atoms with Crippen molar-refractivity contribution in [1.82, 2.24) is 0 Å². The van der Waals surface area contributed by atoms with Crippen molar-refractivity contribution >= 4 is 20.7 Å². The molecule has 0 rings (SSSR count). The lowest BCUT2D eigenvalue weighted by atomic mass is 10.1. The van der Waals surface area contributed by atoms with Gasteiger partial charge in [0, 0.05) is 0 Å². The minimum atomic E-state index is -4.63. The topological polar surface area (TPSA) is 109 Å². The molecule has 0 aliphatic rings. The van der Waals surface area contributed by atoms with Crippen molar-refractivity contribution < 1.29 is 28.3 Å². The van der Waals surface area contributed by atoms with Gasteiger partial charge in [-0.3, -0.25) is 0 Å². The van der Waals surface area contributed by atoms with E-state index in [0.717, 1.165) is 31.3 Å². The van der Waals surface area contributed by atoms with Crippen LogP contribution in [0.25, 0.3) is 0 Å². The fraction of sp³-hybridized carbons (Fsp3) is 0.650. The zero-order chi connectivity index (χ0) is 22.5. The van der Waals surface area contributed by atoms with Gasteiger partial charge in [0.15, 0.2) is 0 Å². The summed E-state index contributed by atoms with van der Waals surface area (Å²) in [6.45, 7) is 11.5. The summed E-state index contributed by atoms with van der Waals surface area (Å²) < 4.78 is 22.9. The van der Waals surface area contributed by atoms with Crippen LogP contribution in [-0.4, -0.2) is 39.6 Å². The molecule has 0 aromatic heterocycles. The Labute approximate surface area is 176 Å². The van der Waals surface area contributed by atoms with E-state index >= 15 is 0 Å². The second-order valence-corrected chi connectivity index (χ2v) is 10.8. The summed E-state index contributed by atoms with van der Waals surface area (Å²) in [6.07, 6.45) is 10.1. The Morgan fingerprint density at radius 2 is 1.38 bits per heavy atom. The third-order valence-corrected chi connectivity index (χ3v) is 7.95. The zero-order valence-corrected chi connectivity index (χ0v) is 20.4. The second kappa shape index (κ2) is 14.4. The van der Waals surface area contributed by atoms with Crippen LogP contribution in [0.15, 0.2) is 39.9 Å². The van der Waals surface area contributed by atoms with Gasteiger partial charge in [-0.1, -0.05) is 34.9 Å². The molecule has 7 nitrogen and oxygen atoms in total. The van der Waals surface area contributed by atoms with Crippen LogP contribution >= 0.6 is 15.5 Å². The molecule has 0 atom stereocenters. The van der Waals surface area contributed by atoms with E-state index in [1.807, 2.05) is 6.92 Å². The van der Waals surface area contributed by atoms with E-state index in [1.165, 1.54) is 11.1 Å². The van der Waals surface area contributed by atoms with Crippen LogP contribution < -0.4 is 0 Å². The molecule has 0 saturated heterocycles. The molecule has 9 heteroatoms. The van der Waals surface area contributed by atoms with E-state index < -0.39 is 20.7 Å². The van der Waals surface area contributed by atoms with Gasteiger partial charge in [0.05, 0.1) is 19.8 Å². The van der Waals surface area contributed by atoms with Gasteiger partial charge >= 0.3 is 20.7 Å². The normalized spacial score (nSPS) is 14.3. The maximum absolute atomic E-state index is 12.8. The molecular weight excluding hydrogens is 412 g/mol. The molecule has 0 bridgehead atoms. The predicted octanol–water partition coefficient (Wildman–Crippen LogP) is 5.77. The maximum atomic E-state index is 12.8. The highest BCUT2D eigenvalue weighted by molar-refractivity contribution is 8.00. The quantitative estimate of drug-likeness (QED) is 0.176. The Bertz CT molecular complexity index is 648. The van der Waals surface area contributed by atoms with Crippen LogP contribution in [-0.2, 0) is 13.6 Å². The highest BCUT2D eigenvalue weighted by Gasteiger charge is 2.54. The van der Waals surface area contributed by atoms with Crippen LogP contribution in [0, 0.1) is 0 Å². The summed E-state index contributed by atoms with van der Waals surface area (Å²) >= 11 is 0. The molecule has 168 valence electrons. The monoisotopic (exact) mass is 450 g/mol. The summed E-state index contributed by atoms with van der Waals surface area (Å²) in [5.41, 5.74) is 3.73. The molecule has 0 radical (unpaired) electrons. The van der Waals surface area contributed by atoms with E-state index in [1.54, 1.807) is 19.9 Å². The van der Waals surface area contributed by atoms with Crippen LogP contribution in [0.4, 0.5) is 0 Å². The van der Waals surface area contributed by atoms with E-state index in [9.17, 15) is 19.2 Å². The van der Waals surface area contributed by atoms with Crippen molar-refractivity contribution in [3.8, 4) is 0 Å². The lowest BCUT2D eigenvalue weighted by molar-refractivity contribution is 0.232. The Balaban J connectivity index is 4.99. The number of nitrogens with zero attached hydrogens (tertiary/aromatic N) is 1. The molecule has 0 saturated carbocycles. The molecule has 0 spiro atoms. The van der Waals surface area contributed by atoms with Crippen molar-refractivity contribution in [2.45, 2.75) is 67.2 Å². The number of rotatable bonds is 14. The number of hydrogen-bond donors (Lipinski definition) is 3. The van der Waals surface area contributed by atoms with Crippen molar-refractivity contribution in [2.24, 2.45) is 4.99 Å². The van der Waals surface area contributed by atoms with Gasteiger partial charge in [-0.25, -0.2) is 9.56 Å². The van der Waals surface area contributed by atoms with Crippen molar-refractivity contribution in [2.75, 3.05) is 19.8 Å². The Hall–Kier alpha value is -0.650. The Morgan fingerprint density at radius 3 is 1.83 bits per heavy atom. The molecule has 3 N–H and O–H groups in total. The van der Waals surface area contributed by atoms with Gasteiger partial charge in [-0.05, 0) is 67.2 Å². The van der Waals surface area contributed by atoms with Gasteiger partial charge in [0.2, 0.25) is 0 Å². The first-order chi connectivity index (χ1) is 13.5. The first-order valence-electron chi connectivity index (χ1n) is 9.92. The largest absolute Gasteiger partial charge is 0.469 e. The molecule has 0 fully saturated rings. The van der Waals surface area contributed by atoms with Crippen LogP contribution in [0.2, 0.25) is 0 Å². The molecule has 29 heavy (non-hydrogen) atoms. The highest BCUT2D eigenvalue weighted by Crippen LogP contribution is 2.65. The van der Waals surface area contributed by atoms with Gasteiger partial charge in [0.1, 0.15) is 0 Å². The molecule has 0 amide bonds. The molecule has 0 heterocycles. The third kappa shape index (κ3) is 12.6. The number of hydrogen-bond acceptors (Lipinski definition) is 7. The van der Waals surface area contributed by atoms with E-state index in [0.29, 0.717) is 0 Å². The highest BCUT2D eigenvalue weighted by atomic mass is 31.3. The standard InChI is InChI=1S/C20H38NO6P2/c1-7-26-29(25,27-8-2)20(28(22,23)24)21-16-15-19(6)14-10-13-18(5)12-9-11-17(3)4/h11,13,15,22-24H,7-10,12,14,16H2,1-6H3/q+1. The molecule has 0 unspecified atom stereocenters. The minimum absolute atomic E-state index is 0.0183. The SMILES string of the molecule is CCOP(=O)(OCC)C(=NCC=C(C)CCC=C(C)CCC=C(C)C)[P+](O)(O)O. The smallest absolute Gasteiger partial charge is 0.302 e. The zero-order valence-electron chi connectivity index (χ0n) is 18.6. The summed E-state index contributed by atoms with van der Waals surface area (Å²) in [4.78, 5) is 32.9. The number of aliphatic imine (C=N–C) groups is 1. The van der Waals surface area contributed by atoms with Gasteiger partial charge in [-0.2, -0.15) is 14.7 Å². The summed E-state index contributed by atoms with van der Waals surface area (Å²) in [5, 5.41) is -0.701. The Morgan fingerprint density at radius 1 is 0.897 bits per heavy atom. The fourth-order valence-electron chi connectivity index (χ4n) is 2.46. The average molecular weight is 450 g/mol. The maximum Gasteiger partial charge on any atom is 0.469 e. The van der Waals surface area contributed by atoms with Crippen molar-refractivity contribution in [3.63, 3.8) is 0 Å². The molecule has 0 aromatic carbocycles. The molecule has 0 aliphatic heterocycles. The predicted molar refractivity (Wildman–Crippen MR) is 122 cm³/mol. The Kier molecular flexibility index (Phi) is 14.0. The van der Waals surface area contributed by atoms with Gasteiger partial charge in [-0.15, -0.1) is 0 Å². The number of allylic oxidation sites excluding steroid dienone is 5. The van der Waals surface area contributed by atoms with Crippen LogP contribution in [0.5, 0.6) is 0 Å². The van der Waals surface area contributed by atoms with Crippen LogP contribution in [0.3, 0.4) is 0 Å². The van der Waals surface area contributed by atoms with Gasteiger partial charge in [0.25, 0.3) is 0 Å². The molecule has 0 aliphatic carbocycles. The first-order valence-corrected chi connectivity index (χ1v) is 13.1. The van der Waals surface area contributed by atoms with E-state index in [4.69, 9.17) is 9.05 Å². The summed E-state index contributed by atoms with van der Waals surface area (Å²) in [7, 11) is -8.68. The van der Waals surface area contributed by atoms with E-state index in [2.05, 4.69) is 37.9 Å². The third-order valence-electron chi connectivity index (χ3n) is 3.91.